The summed E-state index contributed by atoms with van der Waals surface area (Å²) in [6.07, 6.45) is 3.01. The number of benzene rings is 1. The third kappa shape index (κ3) is 2.96. The molecule has 17 heavy (non-hydrogen) atoms. The van der Waals surface area contributed by atoms with Crippen LogP contribution in [-0.2, 0) is 4.74 Å². The van der Waals surface area contributed by atoms with Crippen molar-refractivity contribution in [3.05, 3.63) is 34.6 Å². The normalized spacial score (nSPS) is 22.4. The van der Waals surface area contributed by atoms with E-state index in [0.29, 0.717) is 10.6 Å². The van der Waals surface area contributed by atoms with Crippen molar-refractivity contribution in [2.45, 2.75) is 31.4 Å². The predicted octanol–water partition coefficient (Wildman–Crippen LogP) is 2.55. The van der Waals surface area contributed by atoms with E-state index < -0.39 is 0 Å². The van der Waals surface area contributed by atoms with Crippen LogP contribution in [-0.4, -0.2) is 12.7 Å². The van der Waals surface area contributed by atoms with E-state index in [1.807, 2.05) is 0 Å². The highest BCUT2D eigenvalue weighted by molar-refractivity contribution is 6.31. The number of hydrogen-bond donors (Lipinski definition) is 2. The molecule has 1 fully saturated rings. The predicted molar refractivity (Wildman–Crippen MR) is 65.1 cm³/mol. The number of hydrazine groups is 1. The van der Waals surface area contributed by atoms with Crippen molar-refractivity contribution >= 4 is 11.6 Å². The second-order valence-electron chi connectivity index (χ2n) is 4.22. The Morgan fingerprint density at radius 2 is 2.29 bits per heavy atom. The van der Waals surface area contributed by atoms with Crippen LogP contribution < -0.4 is 11.3 Å². The molecule has 2 unspecified atom stereocenters. The van der Waals surface area contributed by atoms with E-state index in [-0.39, 0.29) is 18.0 Å². The van der Waals surface area contributed by atoms with Crippen molar-refractivity contribution in [2.75, 3.05) is 6.61 Å². The Morgan fingerprint density at radius 3 is 2.94 bits per heavy atom. The van der Waals surface area contributed by atoms with Crippen LogP contribution in [0.4, 0.5) is 4.39 Å². The van der Waals surface area contributed by atoms with Gasteiger partial charge in [0.05, 0.1) is 12.1 Å². The molecule has 0 aromatic heterocycles. The molecule has 0 amide bonds. The first-order chi connectivity index (χ1) is 8.22. The number of hydrogen-bond acceptors (Lipinski definition) is 3. The van der Waals surface area contributed by atoms with Gasteiger partial charge in [-0.2, -0.15) is 0 Å². The molecule has 1 aromatic carbocycles. The van der Waals surface area contributed by atoms with Gasteiger partial charge in [0.15, 0.2) is 0 Å². The fourth-order valence-corrected chi connectivity index (χ4v) is 2.41. The molecule has 1 aliphatic rings. The third-order valence-corrected chi connectivity index (χ3v) is 3.40. The molecule has 0 bridgehead atoms. The molecule has 1 heterocycles. The van der Waals surface area contributed by atoms with E-state index >= 15 is 0 Å². The molecule has 0 aliphatic carbocycles. The van der Waals surface area contributed by atoms with Crippen LogP contribution in [0.2, 0.25) is 5.02 Å². The highest BCUT2D eigenvalue weighted by Gasteiger charge is 2.26. The standard InChI is InChI=1S/C12H16ClFN2O/c13-10-5-4-8(14)7-9(10)12(16-15)11-3-1-2-6-17-11/h4-5,7,11-12,16H,1-3,6,15H2. The second kappa shape index (κ2) is 5.78. The van der Waals surface area contributed by atoms with Gasteiger partial charge < -0.3 is 4.74 Å². The molecule has 1 saturated heterocycles. The van der Waals surface area contributed by atoms with Crippen molar-refractivity contribution in [1.82, 2.24) is 5.43 Å². The van der Waals surface area contributed by atoms with Gasteiger partial charge in [0.1, 0.15) is 5.82 Å². The van der Waals surface area contributed by atoms with Crippen LogP contribution in [0.25, 0.3) is 0 Å². The summed E-state index contributed by atoms with van der Waals surface area (Å²) in [5, 5.41) is 0.503. The van der Waals surface area contributed by atoms with Crippen LogP contribution in [0, 0.1) is 5.82 Å². The van der Waals surface area contributed by atoms with Gasteiger partial charge in [-0.05, 0) is 43.0 Å². The van der Waals surface area contributed by atoms with Gasteiger partial charge in [-0.3, -0.25) is 11.3 Å². The zero-order valence-electron chi connectivity index (χ0n) is 9.46. The number of ether oxygens (including phenoxy) is 1. The molecule has 2 atom stereocenters. The smallest absolute Gasteiger partial charge is 0.123 e. The molecule has 1 aliphatic heterocycles. The Bertz CT molecular complexity index is 383. The monoisotopic (exact) mass is 258 g/mol. The highest BCUT2D eigenvalue weighted by Crippen LogP contribution is 2.30. The summed E-state index contributed by atoms with van der Waals surface area (Å²) in [6, 6.07) is 4.02. The molecule has 5 heteroatoms. The lowest BCUT2D eigenvalue weighted by atomic mass is 9.96. The zero-order valence-corrected chi connectivity index (χ0v) is 10.2. The van der Waals surface area contributed by atoms with E-state index in [2.05, 4.69) is 5.43 Å². The summed E-state index contributed by atoms with van der Waals surface area (Å²) in [5.41, 5.74) is 3.33. The topological polar surface area (TPSA) is 47.3 Å². The van der Waals surface area contributed by atoms with E-state index in [1.54, 1.807) is 6.07 Å². The van der Waals surface area contributed by atoms with Crippen molar-refractivity contribution in [3.8, 4) is 0 Å². The second-order valence-corrected chi connectivity index (χ2v) is 4.62. The van der Waals surface area contributed by atoms with Gasteiger partial charge in [0.25, 0.3) is 0 Å². The summed E-state index contributed by atoms with van der Waals surface area (Å²) in [4.78, 5) is 0. The van der Waals surface area contributed by atoms with Crippen LogP contribution in [0.3, 0.4) is 0 Å². The van der Waals surface area contributed by atoms with Crippen LogP contribution in [0.5, 0.6) is 0 Å². The molecule has 3 N–H and O–H groups in total. The first-order valence-corrected chi connectivity index (χ1v) is 6.13. The molecule has 3 nitrogen and oxygen atoms in total. The SMILES string of the molecule is NNC(c1cc(F)ccc1Cl)C1CCCCO1. The summed E-state index contributed by atoms with van der Waals surface area (Å²) in [6.45, 7) is 0.718. The van der Waals surface area contributed by atoms with Gasteiger partial charge in [-0.25, -0.2) is 4.39 Å². The van der Waals surface area contributed by atoms with Gasteiger partial charge in [0.2, 0.25) is 0 Å². The van der Waals surface area contributed by atoms with Gasteiger partial charge >= 0.3 is 0 Å². The molecular weight excluding hydrogens is 243 g/mol. The molecule has 94 valence electrons. The Labute approximate surface area is 105 Å². The fraction of sp³-hybridized carbons (Fsp3) is 0.500. The average molecular weight is 259 g/mol. The first-order valence-electron chi connectivity index (χ1n) is 5.75. The molecule has 0 saturated carbocycles. The van der Waals surface area contributed by atoms with Crippen LogP contribution in [0.1, 0.15) is 30.9 Å². The largest absolute Gasteiger partial charge is 0.376 e. The van der Waals surface area contributed by atoms with Crippen molar-refractivity contribution < 1.29 is 9.13 Å². The Hall–Kier alpha value is -0.680. The lowest BCUT2D eigenvalue weighted by molar-refractivity contribution is -0.00824. The highest BCUT2D eigenvalue weighted by atomic mass is 35.5. The maximum Gasteiger partial charge on any atom is 0.123 e. The van der Waals surface area contributed by atoms with Gasteiger partial charge in [0, 0.05) is 11.6 Å². The van der Waals surface area contributed by atoms with Gasteiger partial charge in [-0.1, -0.05) is 11.6 Å². The number of halogens is 2. The van der Waals surface area contributed by atoms with Crippen molar-refractivity contribution in [3.63, 3.8) is 0 Å². The van der Waals surface area contributed by atoms with E-state index in [1.165, 1.54) is 12.1 Å². The van der Waals surface area contributed by atoms with Crippen molar-refractivity contribution in [2.24, 2.45) is 5.84 Å². The zero-order chi connectivity index (χ0) is 12.3. The first kappa shape index (κ1) is 12.8. The van der Waals surface area contributed by atoms with Gasteiger partial charge in [-0.15, -0.1) is 0 Å². The van der Waals surface area contributed by atoms with E-state index in [0.717, 1.165) is 25.9 Å². The average Bonchev–Trinajstić information content (AvgIpc) is 2.36. The number of nitrogens with one attached hydrogen (secondary N) is 1. The maximum atomic E-state index is 13.2. The van der Waals surface area contributed by atoms with Crippen LogP contribution in [0.15, 0.2) is 18.2 Å². The molecule has 2 rings (SSSR count). The Kier molecular flexibility index (Phi) is 4.34. The maximum absolute atomic E-state index is 13.2. The Balaban J connectivity index is 2.24. The lowest BCUT2D eigenvalue weighted by Crippen LogP contribution is -2.39. The minimum absolute atomic E-state index is 0.0481. The molecule has 1 aromatic rings. The Morgan fingerprint density at radius 1 is 1.47 bits per heavy atom. The third-order valence-electron chi connectivity index (χ3n) is 3.06. The number of rotatable bonds is 3. The summed E-state index contributed by atoms with van der Waals surface area (Å²) in [5.74, 6) is 5.22. The number of nitrogens with two attached hydrogens (primary N) is 1. The minimum atomic E-state index is -0.319. The summed E-state index contributed by atoms with van der Waals surface area (Å²) in [7, 11) is 0. The summed E-state index contributed by atoms with van der Waals surface area (Å²) < 4.78 is 18.9. The lowest BCUT2D eigenvalue weighted by Gasteiger charge is -2.30. The molecule has 0 radical (unpaired) electrons. The van der Waals surface area contributed by atoms with Crippen molar-refractivity contribution in [1.29, 1.82) is 0 Å². The van der Waals surface area contributed by atoms with E-state index in [9.17, 15) is 4.39 Å². The quantitative estimate of drug-likeness (QED) is 0.647. The molecule has 0 spiro atoms. The van der Waals surface area contributed by atoms with Crippen LogP contribution >= 0.6 is 11.6 Å². The summed E-state index contributed by atoms with van der Waals surface area (Å²) >= 11 is 6.07. The van der Waals surface area contributed by atoms with E-state index in [4.69, 9.17) is 22.2 Å². The fourth-order valence-electron chi connectivity index (χ4n) is 2.18. The molecular formula is C12H16ClFN2O. The minimum Gasteiger partial charge on any atom is -0.376 e.